The zero-order chi connectivity index (χ0) is 21.6. The van der Waals surface area contributed by atoms with Crippen LogP contribution in [0.4, 0.5) is 0 Å². The predicted molar refractivity (Wildman–Crippen MR) is 123 cm³/mol. The minimum absolute atomic E-state index is 0.108. The van der Waals surface area contributed by atoms with Gasteiger partial charge in [-0.05, 0) is 35.4 Å². The number of halogens is 1. The molecule has 2 N–H and O–H groups in total. The Bertz CT molecular complexity index is 1190. The van der Waals surface area contributed by atoms with Crippen molar-refractivity contribution in [3.63, 3.8) is 0 Å². The maximum Gasteiger partial charge on any atom is 0.257 e. The Labute approximate surface area is 186 Å². The van der Waals surface area contributed by atoms with E-state index in [1.807, 2.05) is 60.8 Å². The van der Waals surface area contributed by atoms with Gasteiger partial charge in [0.15, 0.2) is 18.1 Å². The summed E-state index contributed by atoms with van der Waals surface area (Å²) < 4.78 is 10.9. The molecule has 158 valence electrons. The summed E-state index contributed by atoms with van der Waals surface area (Å²) in [6.45, 7) is 0.281. The second-order valence-electron chi connectivity index (χ2n) is 7.11. The maximum absolute atomic E-state index is 12.6. The normalized spacial score (nSPS) is 11.8. The summed E-state index contributed by atoms with van der Waals surface area (Å²) >= 11 is 6.52. The van der Waals surface area contributed by atoms with E-state index in [4.69, 9.17) is 21.1 Å². The quantitative estimate of drug-likeness (QED) is 0.402. The van der Waals surface area contributed by atoms with E-state index in [2.05, 4.69) is 16.4 Å². The highest BCUT2D eigenvalue weighted by Gasteiger charge is 2.21. The Morgan fingerprint density at radius 2 is 1.68 bits per heavy atom. The summed E-state index contributed by atoms with van der Waals surface area (Å²) in [7, 11) is 1.57. The Kier molecular flexibility index (Phi) is 6.43. The SMILES string of the molecule is COc1ccccc1OCC(=O)NC[C@@H](c1ccccc1Cl)c1c[nH]c2ccccc12. The number of ether oxygens (including phenoxy) is 2. The van der Waals surface area contributed by atoms with Crippen LogP contribution >= 0.6 is 11.6 Å². The number of aromatic nitrogens is 1. The van der Waals surface area contributed by atoms with Crippen molar-refractivity contribution >= 4 is 28.4 Å². The number of carbonyl (C=O) groups is 1. The second kappa shape index (κ2) is 9.58. The van der Waals surface area contributed by atoms with Crippen molar-refractivity contribution in [3.05, 3.63) is 95.1 Å². The van der Waals surface area contributed by atoms with E-state index in [0.717, 1.165) is 22.0 Å². The van der Waals surface area contributed by atoms with Gasteiger partial charge in [0.2, 0.25) is 0 Å². The summed E-state index contributed by atoms with van der Waals surface area (Å²) in [4.78, 5) is 15.9. The number of benzene rings is 3. The number of aromatic amines is 1. The van der Waals surface area contributed by atoms with Crippen molar-refractivity contribution in [2.45, 2.75) is 5.92 Å². The van der Waals surface area contributed by atoms with Crippen LogP contribution in [0.2, 0.25) is 5.02 Å². The van der Waals surface area contributed by atoms with E-state index in [1.165, 1.54) is 0 Å². The first-order chi connectivity index (χ1) is 15.2. The largest absolute Gasteiger partial charge is 0.493 e. The van der Waals surface area contributed by atoms with Gasteiger partial charge in [-0.3, -0.25) is 4.79 Å². The highest BCUT2D eigenvalue weighted by atomic mass is 35.5. The van der Waals surface area contributed by atoms with E-state index in [9.17, 15) is 4.79 Å². The Hall–Kier alpha value is -3.44. The molecular formula is C25H23ClN2O3. The molecule has 0 unspecified atom stereocenters. The van der Waals surface area contributed by atoms with Crippen LogP contribution in [0.25, 0.3) is 10.9 Å². The molecule has 4 aromatic rings. The molecule has 1 aromatic heterocycles. The number of nitrogens with one attached hydrogen (secondary N) is 2. The average Bonchev–Trinajstić information content (AvgIpc) is 3.23. The topological polar surface area (TPSA) is 63.4 Å². The van der Waals surface area contributed by atoms with Crippen LogP contribution in [0.3, 0.4) is 0 Å². The summed E-state index contributed by atoms with van der Waals surface area (Å²) in [5.41, 5.74) is 3.08. The zero-order valence-corrected chi connectivity index (χ0v) is 17.9. The van der Waals surface area contributed by atoms with Crippen molar-refractivity contribution in [3.8, 4) is 11.5 Å². The van der Waals surface area contributed by atoms with Gasteiger partial charge < -0.3 is 19.8 Å². The number of methoxy groups -OCH3 is 1. The van der Waals surface area contributed by atoms with Crippen molar-refractivity contribution in [2.75, 3.05) is 20.3 Å². The molecule has 5 nitrogen and oxygen atoms in total. The van der Waals surface area contributed by atoms with Crippen LogP contribution in [-0.4, -0.2) is 31.2 Å². The van der Waals surface area contributed by atoms with Crippen LogP contribution in [0, 0.1) is 0 Å². The Morgan fingerprint density at radius 1 is 0.968 bits per heavy atom. The van der Waals surface area contributed by atoms with Gasteiger partial charge in [-0.1, -0.05) is 60.1 Å². The van der Waals surface area contributed by atoms with Gasteiger partial charge in [0.05, 0.1) is 7.11 Å². The van der Waals surface area contributed by atoms with Crippen LogP contribution in [-0.2, 0) is 4.79 Å². The van der Waals surface area contributed by atoms with Crippen LogP contribution in [0.15, 0.2) is 79.0 Å². The minimum Gasteiger partial charge on any atom is -0.493 e. The van der Waals surface area contributed by atoms with E-state index >= 15 is 0 Å². The monoisotopic (exact) mass is 434 g/mol. The van der Waals surface area contributed by atoms with Gasteiger partial charge in [0.1, 0.15) is 0 Å². The molecule has 0 saturated heterocycles. The summed E-state index contributed by atoms with van der Waals surface area (Å²) in [5, 5.41) is 4.76. The zero-order valence-electron chi connectivity index (χ0n) is 17.1. The lowest BCUT2D eigenvalue weighted by atomic mass is 9.91. The number of hydrogen-bond acceptors (Lipinski definition) is 3. The fraction of sp³-hybridized carbons (Fsp3) is 0.160. The Balaban J connectivity index is 1.52. The summed E-state index contributed by atoms with van der Waals surface area (Å²) in [6, 6.07) is 23.0. The smallest absolute Gasteiger partial charge is 0.257 e. The first kappa shape index (κ1) is 20.8. The van der Waals surface area contributed by atoms with E-state index in [-0.39, 0.29) is 18.4 Å². The standard InChI is InChI=1S/C25H23ClN2O3/c1-30-23-12-6-7-13-24(23)31-16-25(29)28-15-19(17-8-2-4-10-21(17)26)20-14-27-22-11-5-3-9-18(20)22/h2-14,19,27H,15-16H2,1H3,(H,28,29)/t19-/m0/s1. The molecule has 0 aliphatic rings. The molecule has 0 bridgehead atoms. The molecule has 0 aliphatic heterocycles. The second-order valence-corrected chi connectivity index (χ2v) is 7.51. The fourth-order valence-electron chi connectivity index (χ4n) is 3.68. The number of hydrogen-bond donors (Lipinski definition) is 2. The molecule has 31 heavy (non-hydrogen) atoms. The van der Waals surface area contributed by atoms with Crippen LogP contribution in [0.1, 0.15) is 17.0 Å². The molecule has 0 saturated carbocycles. The van der Waals surface area contributed by atoms with Gasteiger partial charge in [0.25, 0.3) is 5.91 Å². The van der Waals surface area contributed by atoms with Crippen LogP contribution in [0.5, 0.6) is 11.5 Å². The lowest BCUT2D eigenvalue weighted by Crippen LogP contribution is -2.33. The fourth-order valence-corrected chi connectivity index (χ4v) is 3.94. The predicted octanol–water partition coefficient (Wildman–Crippen LogP) is 5.16. The molecule has 0 fully saturated rings. The summed E-state index contributed by atoms with van der Waals surface area (Å²) in [5.74, 6) is 0.783. The number of para-hydroxylation sites is 3. The van der Waals surface area contributed by atoms with Crippen molar-refractivity contribution in [1.29, 1.82) is 0 Å². The number of H-pyrrole nitrogens is 1. The first-order valence-electron chi connectivity index (χ1n) is 10.0. The molecule has 0 radical (unpaired) electrons. The number of carbonyl (C=O) groups excluding carboxylic acids is 1. The third-order valence-electron chi connectivity index (χ3n) is 5.21. The molecule has 0 aliphatic carbocycles. The molecule has 1 atom stereocenters. The molecule has 6 heteroatoms. The van der Waals surface area contributed by atoms with Gasteiger partial charge in [-0.2, -0.15) is 0 Å². The third-order valence-corrected chi connectivity index (χ3v) is 5.55. The molecule has 1 amide bonds. The maximum atomic E-state index is 12.6. The minimum atomic E-state index is -0.220. The van der Waals surface area contributed by atoms with E-state index in [0.29, 0.717) is 23.1 Å². The highest BCUT2D eigenvalue weighted by Crippen LogP contribution is 2.34. The van der Waals surface area contributed by atoms with E-state index in [1.54, 1.807) is 19.2 Å². The molecule has 0 spiro atoms. The third kappa shape index (κ3) is 4.67. The lowest BCUT2D eigenvalue weighted by molar-refractivity contribution is -0.123. The van der Waals surface area contributed by atoms with Crippen molar-refractivity contribution in [2.24, 2.45) is 0 Å². The Morgan fingerprint density at radius 3 is 2.48 bits per heavy atom. The average molecular weight is 435 g/mol. The number of amides is 1. The molecule has 4 rings (SSSR count). The lowest BCUT2D eigenvalue weighted by Gasteiger charge is -2.19. The molecular weight excluding hydrogens is 412 g/mol. The summed E-state index contributed by atoms with van der Waals surface area (Å²) in [6.07, 6.45) is 1.98. The molecule has 1 heterocycles. The van der Waals surface area contributed by atoms with Gasteiger partial charge in [-0.25, -0.2) is 0 Å². The van der Waals surface area contributed by atoms with Gasteiger partial charge in [-0.15, -0.1) is 0 Å². The molecule has 3 aromatic carbocycles. The van der Waals surface area contributed by atoms with Gasteiger partial charge >= 0.3 is 0 Å². The van der Waals surface area contributed by atoms with Crippen LogP contribution < -0.4 is 14.8 Å². The van der Waals surface area contributed by atoms with E-state index < -0.39 is 0 Å². The first-order valence-corrected chi connectivity index (χ1v) is 10.4. The highest BCUT2D eigenvalue weighted by molar-refractivity contribution is 6.31. The van der Waals surface area contributed by atoms with Gasteiger partial charge in [0, 0.05) is 34.6 Å². The number of rotatable bonds is 8. The van der Waals surface area contributed by atoms with Crippen molar-refractivity contribution < 1.29 is 14.3 Å². The van der Waals surface area contributed by atoms with Crippen molar-refractivity contribution in [1.82, 2.24) is 10.3 Å². The number of fused-ring (bicyclic) bond motifs is 1.